The Morgan fingerprint density at radius 3 is 2.67 bits per heavy atom. The maximum absolute atomic E-state index is 10.6. The SMILES string of the molecule is COc1cccc([C@@H](O)CN[C@@H](CCn2cncn2)c2ccc(C)cc2)c1. The van der Waals surface area contributed by atoms with Crippen LogP contribution in [0.4, 0.5) is 0 Å². The molecule has 2 N–H and O–H groups in total. The lowest BCUT2D eigenvalue weighted by Gasteiger charge is -2.22. The van der Waals surface area contributed by atoms with Crippen LogP contribution in [0.1, 0.15) is 35.3 Å². The van der Waals surface area contributed by atoms with Crippen molar-refractivity contribution in [3.63, 3.8) is 0 Å². The first kappa shape index (κ1) is 19.1. The van der Waals surface area contributed by atoms with Crippen LogP contribution in [0.25, 0.3) is 0 Å². The first-order chi connectivity index (χ1) is 13.2. The molecule has 2 aromatic carbocycles. The Labute approximate surface area is 159 Å². The van der Waals surface area contributed by atoms with Crippen molar-refractivity contribution >= 4 is 0 Å². The molecule has 0 aliphatic rings. The highest BCUT2D eigenvalue weighted by molar-refractivity contribution is 5.30. The highest BCUT2D eigenvalue weighted by Crippen LogP contribution is 2.22. The first-order valence-electron chi connectivity index (χ1n) is 9.10. The van der Waals surface area contributed by atoms with Gasteiger partial charge in [-0.05, 0) is 36.6 Å². The molecule has 1 heterocycles. The average Bonchev–Trinajstić information content (AvgIpc) is 3.22. The minimum absolute atomic E-state index is 0.107. The van der Waals surface area contributed by atoms with Crippen molar-refractivity contribution in [1.82, 2.24) is 20.1 Å². The normalized spacial score (nSPS) is 13.3. The fourth-order valence-electron chi connectivity index (χ4n) is 3.02. The van der Waals surface area contributed by atoms with Gasteiger partial charge in [-0.2, -0.15) is 5.10 Å². The number of aryl methyl sites for hydroxylation is 2. The quantitative estimate of drug-likeness (QED) is 0.609. The Kier molecular flexibility index (Phi) is 6.57. The summed E-state index contributed by atoms with van der Waals surface area (Å²) in [5, 5.41) is 18.3. The van der Waals surface area contributed by atoms with Crippen molar-refractivity contribution in [2.45, 2.75) is 32.0 Å². The molecule has 0 radical (unpaired) electrons. The number of ether oxygens (including phenoxy) is 1. The molecule has 0 saturated carbocycles. The van der Waals surface area contributed by atoms with E-state index in [1.165, 1.54) is 11.1 Å². The zero-order chi connectivity index (χ0) is 19.1. The molecule has 0 amide bonds. The van der Waals surface area contributed by atoms with Gasteiger partial charge in [-0.1, -0.05) is 42.0 Å². The molecule has 0 unspecified atom stereocenters. The highest BCUT2D eigenvalue weighted by Gasteiger charge is 2.15. The molecule has 0 aliphatic carbocycles. The standard InChI is InChI=1S/C21H26N4O2/c1-16-6-8-17(9-7-16)20(10-11-25-15-22-14-24-25)23-13-21(26)18-4-3-5-19(12-18)27-2/h3-9,12,14-15,20-21,23,26H,10-11,13H2,1-2H3/t20-,21-/m0/s1. The van der Waals surface area contributed by atoms with Crippen LogP contribution in [0.5, 0.6) is 5.75 Å². The van der Waals surface area contributed by atoms with Crippen molar-refractivity contribution < 1.29 is 9.84 Å². The third-order valence-electron chi connectivity index (χ3n) is 4.63. The van der Waals surface area contributed by atoms with Gasteiger partial charge in [0.25, 0.3) is 0 Å². The Bertz CT molecular complexity index is 818. The lowest BCUT2D eigenvalue weighted by Crippen LogP contribution is -2.27. The Hall–Kier alpha value is -2.70. The van der Waals surface area contributed by atoms with Gasteiger partial charge in [0.05, 0.1) is 13.2 Å². The van der Waals surface area contributed by atoms with E-state index in [1.807, 2.05) is 28.9 Å². The van der Waals surface area contributed by atoms with Crippen LogP contribution < -0.4 is 10.1 Å². The van der Waals surface area contributed by atoms with Gasteiger partial charge in [-0.15, -0.1) is 0 Å². The smallest absolute Gasteiger partial charge is 0.137 e. The summed E-state index contributed by atoms with van der Waals surface area (Å²) in [5.74, 6) is 0.743. The summed E-state index contributed by atoms with van der Waals surface area (Å²) in [6.07, 6.45) is 3.49. The second kappa shape index (κ2) is 9.30. The number of aliphatic hydroxyl groups excluding tert-OH is 1. The number of rotatable bonds is 9. The van der Waals surface area contributed by atoms with E-state index in [0.717, 1.165) is 24.3 Å². The maximum atomic E-state index is 10.6. The minimum atomic E-state index is -0.612. The maximum Gasteiger partial charge on any atom is 0.137 e. The molecule has 0 aliphatic heterocycles. The van der Waals surface area contributed by atoms with Crippen LogP contribution >= 0.6 is 0 Å². The molecule has 0 saturated heterocycles. The number of nitrogens with one attached hydrogen (secondary N) is 1. The number of aromatic nitrogens is 3. The molecular formula is C21H26N4O2. The molecule has 0 fully saturated rings. The van der Waals surface area contributed by atoms with Gasteiger partial charge in [0, 0.05) is 19.1 Å². The topological polar surface area (TPSA) is 72.2 Å². The number of hydrogen-bond donors (Lipinski definition) is 2. The number of aliphatic hydroxyl groups is 1. The summed E-state index contributed by atoms with van der Waals surface area (Å²) >= 11 is 0. The fourth-order valence-corrected chi connectivity index (χ4v) is 3.02. The van der Waals surface area contributed by atoms with Crippen molar-refractivity contribution in [3.05, 3.63) is 77.9 Å². The van der Waals surface area contributed by atoms with Gasteiger partial charge in [-0.25, -0.2) is 4.98 Å². The summed E-state index contributed by atoms with van der Waals surface area (Å²) in [5.41, 5.74) is 3.25. The van der Waals surface area contributed by atoms with E-state index in [0.29, 0.717) is 6.54 Å². The fraction of sp³-hybridized carbons (Fsp3) is 0.333. The second-order valence-electron chi connectivity index (χ2n) is 6.61. The number of methoxy groups -OCH3 is 1. The Morgan fingerprint density at radius 2 is 1.96 bits per heavy atom. The molecular weight excluding hydrogens is 340 g/mol. The molecule has 0 bridgehead atoms. The van der Waals surface area contributed by atoms with Gasteiger partial charge in [-0.3, -0.25) is 4.68 Å². The molecule has 0 spiro atoms. The van der Waals surface area contributed by atoms with Gasteiger partial charge < -0.3 is 15.2 Å². The Morgan fingerprint density at radius 1 is 1.15 bits per heavy atom. The van der Waals surface area contributed by atoms with Crippen molar-refractivity contribution in [3.8, 4) is 5.75 Å². The van der Waals surface area contributed by atoms with Gasteiger partial charge >= 0.3 is 0 Å². The van der Waals surface area contributed by atoms with Crippen LogP contribution in [0.3, 0.4) is 0 Å². The Balaban J connectivity index is 1.67. The molecule has 6 nitrogen and oxygen atoms in total. The van der Waals surface area contributed by atoms with Gasteiger partial charge in [0.2, 0.25) is 0 Å². The number of hydrogen-bond acceptors (Lipinski definition) is 5. The van der Waals surface area contributed by atoms with Crippen molar-refractivity contribution in [2.75, 3.05) is 13.7 Å². The molecule has 27 heavy (non-hydrogen) atoms. The van der Waals surface area contributed by atoms with Crippen molar-refractivity contribution in [1.29, 1.82) is 0 Å². The van der Waals surface area contributed by atoms with Crippen LogP contribution in [-0.2, 0) is 6.54 Å². The lowest BCUT2D eigenvalue weighted by molar-refractivity contribution is 0.168. The third kappa shape index (κ3) is 5.39. The molecule has 1 aromatic heterocycles. The van der Waals surface area contributed by atoms with E-state index in [-0.39, 0.29) is 6.04 Å². The van der Waals surface area contributed by atoms with Gasteiger partial charge in [0.15, 0.2) is 0 Å². The third-order valence-corrected chi connectivity index (χ3v) is 4.63. The molecule has 142 valence electrons. The summed E-state index contributed by atoms with van der Waals surface area (Å²) < 4.78 is 7.06. The van der Waals surface area contributed by atoms with E-state index < -0.39 is 6.10 Å². The zero-order valence-corrected chi connectivity index (χ0v) is 15.7. The van der Waals surface area contributed by atoms with Crippen LogP contribution in [0, 0.1) is 6.92 Å². The van der Waals surface area contributed by atoms with Crippen molar-refractivity contribution in [2.24, 2.45) is 0 Å². The van der Waals surface area contributed by atoms with Crippen LogP contribution in [-0.4, -0.2) is 33.5 Å². The van der Waals surface area contributed by atoms with Crippen LogP contribution in [0.15, 0.2) is 61.2 Å². The molecule has 3 aromatic rings. The lowest BCUT2D eigenvalue weighted by atomic mass is 10.0. The molecule has 2 atom stereocenters. The minimum Gasteiger partial charge on any atom is -0.497 e. The second-order valence-corrected chi connectivity index (χ2v) is 6.61. The first-order valence-corrected chi connectivity index (χ1v) is 9.10. The highest BCUT2D eigenvalue weighted by atomic mass is 16.5. The van der Waals surface area contributed by atoms with Crippen LogP contribution in [0.2, 0.25) is 0 Å². The summed E-state index contributed by atoms with van der Waals surface area (Å²) in [7, 11) is 1.63. The zero-order valence-electron chi connectivity index (χ0n) is 15.7. The summed E-state index contributed by atoms with van der Waals surface area (Å²) in [4.78, 5) is 3.99. The number of benzene rings is 2. The predicted molar refractivity (Wildman–Crippen MR) is 105 cm³/mol. The van der Waals surface area contributed by atoms with E-state index in [4.69, 9.17) is 4.74 Å². The monoisotopic (exact) mass is 366 g/mol. The summed E-state index contributed by atoms with van der Waals surface area (Å²) in [6.45, 7) is 3.28. The van der Waals surface area contributed by atoms with E-state index >= 15 is 0 Å². The average molecular weight is 366 g/mol. The van der Waals surface area contributed by atoms with Gasteiger partial charge in [0.1, 0.15) is 18.4 Å². The van der Waals surface area contributed by atoms with E-state index in [1.54, 1.807) is 19.8 Å². The molecule has 6 heteroatoms. The summed E-state index contributed by atoms with van der Waals surface area (Å²) in [6, 6.07) is 16.1. The predicted octanol–water partition coefficient (Wildman–Crippen LogP) is 3.05. The van der Waals surface area contributed by atoms with E-state index in [2.05, 4.69) is 46.6 Å². The number of nitrogens with zero attached hydrogens (tertiary/aromatic N) is 3. The van der Waals surface area contributed by atoms with E-state index in [9.17, 15) is 5.11 Å². The largest absolute Gasteiger partial charge is 0.497 e. The molecule has 3 rings (SSSR count).